The van der Waals surface area contributed by atoms with Crippen molar-refractivity contribution in [2.45, 2.75) is 46.0 Å². The van der Waals surface area contributed by atoms with Crippen LogP contribution in [-0.4, -0.2) is 5.78 Å². The minimum atomic E-state index is 0.406. The molecule has 0 unspecified atom stereocenters. The summed E-state index contributed by atoms with van der Waals surface area (Å²) in [6.07, 6.45) is 5.00. The monoisotopic (exact) mass is 176 g/mol. The van der Waals surface area contributed by atoms with Crippen molar-refractivity contribution in [2.75, 3.05) is 0 Å². The van der Waals surface area contributed by atoms with Crippen LogP contribution in [0, 0.1) is 0 Å². The fourth-order valence-corrected chi connectivity index (χ4v) is 0.749. The third-order valence-electron chi connectivity index (χ3n) is 1.45. The van der Waals surface area contributed by atoms with E-state index in [9.17, 15) is 4.79 Å². The minimum Gasteiger partial charge on any atom is -0.300 e. The predicted molar refractivity (Wildman–Crippen MR) is 48.4 cm³/mol. The SMILES string of the molecule is CCCCCC(=O)CC.O=P. The Morgan fingerprint density at radius 2 is 1.73 bits per heavy atom. The van der Waals surface area contributed by atoms with Gasteiger partial charge in [-0.1, -0.05) is 26.7 Å². The Hall–Kier alpha value is -0.230. The van der Waals surface area contributed by atoms with Crippen LogP contribution in [0.1, 0.15) is 46.0 Å². The van der Waals surface area contributed by atoms with Crippen molar-refractivity contribution in [1.29, 1.82) is 0 Å². The molecule has 2 nitrogen and oxygen atoms in total. The summed E-state index contributed by atoms with van der Waals surface area (Å²) in [6, 6.07) is 0. The quantitative estimate of drug-likeness (QED) is 0.476. The van der Waals surface area contributed by atoms with Crippen molar-refractivity contribution in [3.63, 3.8) is 0 Å². The molecule has 0 saturated carbocycles. The molecule has 0 bridgehead atoms. The Bertz CT molecular complexity index is 94.1. The first-order valence-electron chi connectivity index (χ1n) is 4.03. The van der Waals surface area contributed by atoms with Crippen molar-refractivity contribution in [3.8, 4) is 0 Å². The third kappa shape index (κ3) is 12.9. The highest BCUT2D eigenvalue weighted by atomic mass is 31.0. The van der Waals surface area contributed by atoms with E-state index in [0.717, 1.165) is 12.8 Å². The molecule has 0 aliphatic heterocycles. The molecule has 3 heteroatoms. The summed E-state index contributed by atoms with van der Waals surface area (Å²) in [5, 5.41) is 0. The molecule has 0 amide bonds. The van der Waals surface area contributed by atoms with Crippen LogP contribution < -0.4 is 0 Å². The highest BCUT2D eigenvalue weighted by molar-refractivity contribution is 7.00. The molecule has 0 fully saturated rings. The zero-order valence-electron chi connectivity index (χ0n) is 7.35. The van der Waals surface area contributed by atoms with Gasteiger partial charge in [-0.15, -0.1) is 0 Å². The molecule has 0 heterocycles. The van der Waals surface area contributed by atoms with Gasteiger partial charge in [0.05, 0.1) is 0 Å². The van der Waals surface area contributed by atoms with Gasteiger partial charge >= 0.3 is 0 Å². The average molecular weight is 176 g/mol. The van der Waals surface area contributed by atoms with Crippen LogP contribution in [-0.2, 0) is 9.36 Å². The van der Waals surface area contributed by atoms with E-state index in [0.29, 0.717) is 12.2 Å². The van der Waals surface area contributed by atoms with E-state index < -0.39 is 0 Å². The second kappa shape index (κ2) is 12.4. The minimum absolute atomic E-state index is 0.406. The molecule has 0 aromatic carbocycles. The maximum absolute atomic E-state index is 10.7. The van der Waals surface area contributed by atoms with Crippen molar-refractivity contribution in [2.24, 2.45) is 0 Å². The first-order valence-corrected chi connectivity index (χ1v) is 4.44. The number of carbonyl (C=O) groups is 1. The van der Waals surface area contributed by atoms with E-state index in [2.05, 4.69) is 6.92 Å². The lowest BCUT2D eigenvalue weighted by molar-refractivity contribution is -0.118. The van der Waals surface area contributed by atoms with Crippen LogP contribution in [0.4, 0.5) is 0 Å². The van der Waals surface area contributed by atoms with Crippen LogP contribution in [0.25, 0.3) is 0 Å². The van der Waals surface area contributed by atoms with Gasteiger partial charge in [0.2, 0.25) is 0 Å². The molecule has 66 valence electrons. The van der Waals surface area contributed by atoms with E-state index in [1.165, 1.54) is 12.8 Å². The Labute approximate surface area is 71.0 Å². The molecule has 0 aromatic rings. The Kier molecular flexibility index (Phi) is 15.1. The number of hydrogen-bond acceptors (Lipinski definition) is 2. The molecule has 0 atom stereocenters. The fraction of sp³-hybridized carbons (Fsp3) is 0.875. The molecule has 0 spiro atoms. The summed E-state index contributed by atoms with van der Waals surface area (Å²) in [5.41, 5.74) is 0. The fourth-order valence-electron chi connectivity index (χ4n) is 0.749. The smallest absolute Gasteiger partial charge is 0.138 e. The van der Waals surface area contributed by atoms with E-state index in [1.54, 1.807) is 9.12 Å². The van der Waals surface area contributed by atoms with Crippen LogP contribution in [0.3, 0.4) is 0 Å². The average Bonchev–Trinajstić information content (AvgIpc) is 2.08. The van der Waals surface area contributed by atoms with E-state index in [-0.39, 0.29) is 0 Å². The topological polar surface area (TPSA) is 34.1 Å². The molecule has 0 aliphatic carbocycles. The highest BCUT2D eigenvalue weighted by Crippen LogP contribution is 2.00. The molecule has 0 N–H and O–H groups in total. The maximum atomic E-state index is 10.7. The standard InChI is InChI=1S/C8H16O.HOP/c1-3-5-6-7-8(9)4-2;1-2/h3-7H2,1-2H3;2H. The maximum Gasteiger partial charge on any atom is 0.138 e. The van der Waals surface area contributed by atoms with Crippen molar-refractivity contribution in [3.05, 3.63) is 0 Å². The van der Waals surface area contributed by atoms with E-state index in [1.807, 2.05) is 6.92 Å². The van der Waals surface area contributed by atoms with Gasteiger partial charge in [0, 0.05) is 12.8 Å². The summed E-state index contributed by atoms with van der Waals surface area (Å²) in [4.78, 5) is 10.7. The Morgan fingerprint density at radius 1 is 1.18 bits per heavy atom. The second-order valence-corrected chi connectivity index (χ2v) is 2.35. The number of hydrogen-bond donors (Lipinski definition) is 0. The van der Waals surface area contributed by atoms with Gasteiger partial charge in [-0.3, -0.25) is 9.36 Å². The van der Waals surface area contributed by atoms with Crippen LogP contribution >= 0.6 is 9.12 Å². The van der Waals surface area contributed by atoms with Gasteiger partial charge in [-0.2, -0.15) is 0 Å². The van der Waals surface area contributed by atoms with Crippen LogP contribution in [0.2, 0.25) is 0 Å². The lowest BCUT2D eigenvalue weighted by Gasteiger charge is -1.93. The summed E-state index contributed by atoms with van der Waals surface area (Å²) in [6.45, 7) is 4.07. The molecule has 0 rings (SSSR count). The van der Waals surface area contributed by atoms with Crippen molar-refractivity contribution >= 4 is 14.9 Å². The summed E-state index contributed by atoms with van der Waals surface area (Å²) in [7, 11) is 1.72. The molecular formula is C8H17O2P. The molecule has 0 radical (unpaired) electrons. The lowest BCUT2D eigenvalue weighted by atomic mass is 10.1. The molecule has 0 aliphatic rings. The summed E-state index contributed by atoms with van der Waals surface area (Å²) < 4.78 is 8.06. The lowest BCUT2D eigenvalue weighted by Crippen LogP contribution is -1.93. The zero-order valence-corrected chi connectivity index (χ0v) is 8.35. The number of ketones is 1. The number of Topliss-reactive ketones (excluding diaryl/α,β-unsaturated/α-hetero) is 1. The first-order chi connectivity index (χ1) is 5.31. The van der Waals surface area contributed by atoms with Crippen molar-refractivity contribution < 1.29 is 9.36 Å². The number of carbonyl (C=O) groups excluding carboxylic acids is 1. The van der Waals surface area contributed by atoms with Gasteiger partial charge in [0.15, 0.2) is 0 Å². The zero-order chi connectivity index (χ0) is 9.11. The number of rotatable bonds is 5. The van der Waals surface area contributed by atoms with Crippen molar-refractivity contribution in [1.82, 2.24) is 0 Å². The molecule has 0 saturated heterocycles. The van der Waals surface area contributed by atoms with E-state index in [4.69, 9.17) is 4.57 Å². The predicted octanol–water partition coefficient (Wildman–Crippen LogP) is 3.02. The van der Waals surface area contributed by atoms with Crippen LogP contribution in [0.15, 0.2) is 0 Å². The first kappa shape index (κ1) is 13.4. The van der Waals surface area contributed by atoms with E-state index >= 15 is 0 Å². The van der Waals surface area contributed by atoms with Gasteiger partial charge in [0.1, 0.15) is 14.9 Å². The van der Waals surface area contributed by atoms with Gasteiger partial charge < -0.3 is 0 Å². The Morgan fingerprint density at radius 3 is 2.09 bits per heavy atom. The van der Waals surface area contributed by atoms with Gasteiger partial charge in [-0.25, -0.2) is 0 Å². The normalized spacial score (nSPS) is 8.18. The Balaban J connectivity index is 0. The second-order valence-electron chi connectivity index (χ2n) is 2.35. The summed E-state index contributed by atoms with van der Waals surface area (Å²) in [5.74, 6) is 0.406. The molecular weight excluding hydrogens is 159 g/mol. The third-order valence-corrected chi connectivity index (χ3v) is 1.45. The number of unbranched alkanes of at least 4 members (excludes halogenated alkanes) is 2. The van der Waals surface area contributed by atoms with Crippen LogP contribution in [0.5, 0.6) is 0 Å². The van der Waals surface area contributed by atoms with Gasteiger partial charge in [0.25, 0.3) is 0 Å². The highest BCUT2D eigenvalue weighted by Gasteiger charge is 1.95. The summed E-state index contributed by atoms with van der Waals surface area (Å²) >= 11 is 0. The largest absolute Gasteiger partial charge is 0.300 e. The van der Waals surface area contributed by atoms with Gasteiger partial charge in [-0.05, 0) is 6.42 Å². The molecule has 0 aromatic heterocycles. The molecule has 11 heavy (non-hydrogen) atoms.